The Bertz CT molecular complexity index is 2190. The van der Waals surface area contributed by atoms with Gasteiger partial charge in [0.1, 0.15) is 11.2 Å². The van der Waals surface area contributed by atoms with E-state index < -0.39 is 0 Å². The van der Waals surface area contributed by atoms with E-state index in [1.54, 1.807) is 0 Å². The molecule has 8 rings (SSSR count). The van der Waals surface area contributed by atoms with Crippen LogP contribution in [0.1, 0.15) is 0 Å². The molecule has 0 aliphatic carbocycles. The Morgan fingerprint density at radius 1 is 0.385 bits per heavy atom. The molecule has 0 fully saturated rings. The average Bonchev–Trinajstić information content (AvgIpc) is 3.38. The van der Waals surface area contributed by atoms with Gasteiger partial charge in [0.25, 0.3) is 0 Å². The van der Waals surface area contributed by atoms with Gasteiger partial charge in [-0.25, -0.2) is 15.0 Å². The second kappa shape index (κ2) is 8.61. The molecular weight excluding hydrogens is 478 g/mol. The van der Waals surface area contributed by atoms with Crippen LogP contribution in [0.2, 0.25) is 0 Å². The van der Waals surface area contributed by atoms with Gasteiger partial charge in [-0.15, -0.1) is 0 Å². The lowest BCUT2D eigenvalue weighted by molar-refractivity contribution is 0.669. The first-order chi connectivity index (χ1) is 19.3. The molecule has 0 bridgehead atoms. The maximum absolute atomic E-state index is 6.07. The van der Waals surface area contributed by atoms with Gasteiger partial charge in [0.2, 0.25) is 0 Å². The first kappa shape index (κ1) is 21.7. The number of benzene rings is 6. The number of fused-ring (bicyclic) bond motifs is 5. The van der Waals surface area contributed by atoms with Crippen molar-refractivity contribution in [2.45, 2.75) is 0 Å². The highest BCUT2D eigenvalue weighted by Gasteiger charge is 2.16. The van der Waals surface area contributed by atoms with Crippen LogP contribution in [0.3, 0.4) is 0 Å². The van der Waals surface area contributed by atoms with Gasteiger partial charge in [-0.1, -0.05) is 97.1 Å². The van der Waals surface area contributed by atoms with Crippen LogP contribution in [0.5, 0.6) is 0 Å². The van der Waals surface area contributed by atoms with Gasteiger partial charge in [-0.05, 0) is 51.9 Å². The van der Waals surface area contributed by atoms with Crippen molar-refractivity contribution >= 4 is 43.5 Å². The molecular formula is C35H21N3O. The van der Waals surface area contributed by atoms with Gasteiger partial charge in [-0.2, -0.15) is 0 Å². The summed E-state index contributed by atoms with van der Waals surface area (Å²) < 4.78 is 6.07. The van der Waals surface area contributed by atoms with Crippen LogP contribution >= 0.6 is 0 Å². The van der Waals surface area contributed by atoms with Gasteiger partial charge in [0.15, 0.2) is 17.5 Å². The molecule has 8 aromatic rings. The average molecular weight is 500 g/mol. The summed E-state index contributed by atoms with van der Waals surface area (Å²) in [6.07, 6.45) is 0. The summed E-state index contributed by atoms with van der Waals surface area (Å²) >= 11 is 0. The summed E-state index contributed by atoms with van der Waals surface area (Å²) in [6.45, 7) is 0. The van der Waals surface area contributed by atoms with Gasteiger partial charge in [0, 0.05) is 27.5 Å². The quantitative estimate of drug-likeness (QED) is 0.243. The topological polar surface area (TPSA) is 51.8 Å². The Kier molecular flexibility index (Phi) is 4.79. The molecule has 2 aromatic heterocycles. The molecule has 0 saturated carbocycles. The highest BCUT2D eigenvalue weighted by molar-refractivity contribution is 6.06. The smallest absolute Gasteiger partial charge is 0.164 e. The molecule has 182 valence electrons. The van der Waals surface area contributed by atoms with E-state index in [4.69, 9.17) is 19.4 Å². The molecule has 2 heterocycles. The van der Waals surface area contributed by atoms with E-state index in [1.807, 2.05) is 30.3 Å². The third-order valence-electron chi connectivity index (χ3n) is 7.31. The fraction of sp³-hybridized carbons (Fsp3) is 0. The van der Waals surface area contributed by atoms with E-state index >= 15 is 0 Å². The van der Waals surface area contributed by atoms with Crippen molar-refractivity contribution in [3.63, 3.8) is 0 Å². The molecule has 4 heteroatoms. The minimum atomic E-state index is 0.628. The fourth-order valence-electron chi connectivity index (χ4n) is 5.37. The molecule has 0 N–H and O–H groups in total. The maximum Gasteiger partial charge on any atom is 0.164 e. The van der Waals surface area contributed by atoms with Crippen molar-refractivity contribution in [3.05, 3.63) is 127 Å². The molecule has 39 heavy (non-hydrogen) atoms. The second-order valence-electron chi connectivity index (χ2n) is 9.70. The highest BCUT2D eigenvalue weighted by Crippen LogP contribution is 2.34. The van der Waals surface area contributed by atoms with E-state index in [-0.39, 0.29) is 0 Å². The fourth-order valence-corrected chi connectivity index (χ4v) is 5.37. The van der Waals surface area contributed by atoms with Crippen LogP contribution in [0.4, 0.5) is 0 Å². The Balaban J connectivity index is 1.38. The molecule has 6 aromatic carbocycles. The molecule has 0 saturated heterocycles. The summed E-state index contributed by atoms with van der Waals surface area (Å²) in [5.41, 5.74) is 4.56. The largest absolute Gasteiger partial charge is 0.456 e. The summed E-state index contributed by atoms with van der Waals surface area (Å²) in [5.74, 6) is 1.92. The number of furan rings is 1. The monoisotopic (exact) mass is 499 g/mol. The van der Waals surface area contributed by atoms with Crippen molar-refractivity contribution in [1.29, 1.82) is 0 Å². The SMILES string of the molecule is c1ccc2cc(-c3nc(-c4ccc5oc6ccccc6c5c4)nc(-c4cccc5ccccc45)n3)ccc2c1. The van der Waals surface area contributed by atoms with Gasteiger partial charge in [0.05, 0.1) is 0 Å². The predicted octanol–water partition coefficient (Wildman–Crippen LogP) is 9.08. The van der Waals surface area contributed by atoms with Crippen molar-refractivity contribution in [2.75, 3.05) is 0 Å². The molecule has 0 atom stereocenters. The Morgan fingerprint density at radius 2 is 1.00 bits per heavy atom. The molecule has 0 spiro atoms. The van der Waals surface area contributed by atoms with Crippen LogP contribution in [-0.4, -0.2) is 15.0 Å². The van der Waals surface area contributed by atoms with Crippen LogP contribution in [-0.2, 0) is 0 Å². The number of para-hydroxylation sites is 1. The number of nitrogens with zero attached hydrogens (tertiary/aromatic N) is 3. The minimum absolute atomic E-state index is 0.628. The van der Waals surface area contributed by atoms with Crippen molar-refractivity contribution in [2.24, 2.45) is 0 Å². The predicted molar refractivity (Wildman–Crippen MR) is 158 cm³/mol. The van der Waals surface area contributed by atoms with E-state index in [0.29, 0.717) is 17.5 Å². The zero-order chi connectivity index (χ0) is 25.8. The Hall–Kier alpha value is -5.35. The summed E-state index contributed by atoms with van der Waals surface area (Å²) in [6, 6.07) is 43.5. The van der Waals surface area contributed by atoms with E-state index in [0.717, 1.165) is 54.8 Å². The number of hydrogen-bond acceptors (Lipinski definition) is 4. The van der Waals surface area contributed by atoms with Crippen molar-refractivity contribution in [1.82, 2.24) is 15.0 Å². The third-order valence-corrected chi connectivity index (χ3v) is 7.31. The maximum atomic E-state index is 6.07. The van der Waals surface area contributed by atoms with Gasteiger partial charge >= 0.3 is 0 Å². The molecule has 0 aliphatic heterocycles. The van der Waals surface area contributed by atoms with Crippen molar-refractivity contribution < 1.29 is 4.42 Å². The lowest BCUT2D eigenvalue weighted by Crippen LogP contribution is -2.00. The van der Waals surface area contributed by atoms with Gasteiger partial charge < -0.3 is 4.42 Å². The van der Waals surface area contributed by atoms with Crippen molar-refractivity contribution in [3.8, 4) is 34.2 Å². The van der Waals surface area contributed by atoms with Crippen LogP contribution in [0.25, 0.3) is 77.6 Å². The number of hydrogen-bond donors (Lipinski definition) is 0. The minimum Gasteiger partial charge on any atom is -0.456 e. The lowest BCUT2D eigenvalue weighted by atomic mass is 10.0. The third kappa shape index (κ3) is 3.65. The first-order valence-electron chi connectivity index (χ1n) is 13.0. The lowest BCUT2D eigenvalue weighted by Gasteiger charge is -2.11. The van der Waals surface area contributed by atoms with Crippen LogP contribution < -0.4 is 0 Å². The Labute approximate surface area is 224 Å². The highest BCUT2D eigenvalue weighted by atomic mass is 16.3. The summed E-state index contributed by atoms with van der Waals surface area (Å²) in [5, 5.41) is 6.71. The molecule has 4 nitrogen and oxygen atoms in total. The van der Waals surface area contributed by atoms with Crippen LogP contribution in [0, 0.1) is 0 Å². The van der Waals surface area contributed by atoms with Gasteiger partial charge in [-0.3, -0.25) is 0 Å². The zero-order valence-electron chi connectivity index (χ0n) is 20.9. The zero-order valence-corrected chi connectivity index (χ0v) is 20.9. The standard InChI is InChI=1S/C35H21N3O/c1-2-10-24-20-25(17-16-22(24)8-1)33-36-34(26-18-19-32-30(21-26)28-13-5-6-15-31(28)39-32)38-35(37-33)29-14-7-11-23-9-3-4-12-27(23)29/h1-21H. The Morgan fingerprint density at radius 3 is 1.87 bits per heavy atom. The molecule has 0 unspecified atom stereocenters. The normalized spacial score (nSPS) is 11.6. The first-order valence-corrected chi connectivity index (χ1v) is 13.0. The number of rotatable bonds is 3. The second-order valence-corrected chi connectivity index (χ2v) is 9.70. The summed E-state index contributed by atoms with van der Waals surface area (Å²) in [7, 11) is 0. The van der Waals surface area contributed by atoms with Crippen LogP contribution in [0.15, 0.2) is 132 Å². The summed E-state index contributed by atoms with van der Waals surface area (Å²) in [4.78, 5) is 15.1. The molecule has 0 radical (unpaired) electrons. The van der Waals surface area contributed by atoms with E-state index in [1.165, 1.54) is 5.39 Å². The molecule has 0 amide bonds. The number of aromatic nitrogens is 3. The van der Waals surface area contributed by atoms with E-state index in [2.05, 4.69) is 97.1 Å². The molecule has 0 aliphatic rings. The van der Waals surface area contributed by atoms with E-state index in [9.17, 15) is 0 Å².